The SMILES string of the molecule is CN1CCc2c(sc3c2C(=O)N[C@H](c2cccc(Br)c2)N3)C1. The summed E-state index contributed by atoms with van der Waals surface area (Å²) >= 11 is 5.21. The number of carbonyl (C=O) groups excluding carboxylic acids is 1. The molecule has 2 N–H and O–H groups in total. The number of nitrogens with one attached hydrogen (secondary N) is 2. The fourth-order valence-electron chi connectivity index (χ4n) is 3.10. The Balaban J connectivity index is 1.71. The number of fused-ring (bicyclic) bond motifs is 3. The standard InChI is InChI=1S/C16H16BrN3OS/c1-20-6-5-11-12(8-20)22-16-13(11)15(21)18-14(19-16)9-3-2-4-10(17)7-9/h2-4,7,14,19H,5-6,8H2,1H3,(H,18,21)/t14-/m0/s1. The van der Waals surface area contributed by atoms with Crippen molar-refractivity contribution in [2.75, 3.05) is 18.9 Å². The van der Waals surface area contributed by atoms with Gasteiger partial charge in [0.05, 0.1) is 5.56 Å². The van der Waals surface area contributed by atoms with E-state index in [1.54, 1.807) is 11.3 Å². The highest BCUT2D eigenvalue weighted by Crippen LogP contribution is 2.40. The molecule has 114 valence electrons. The summed E-state index contributed by atoms with van der Waals surface area (Å²) < 4.78 is 1.01. The average molecular weight is 378 g/mol. The van der Waals surface area contributed by atoms with Crippen LogP contribution in [0.25, 0.3) is 0 Å². The van der Waals surface area contributed by atoms with Crippen molar-refractivity contribution in [1.29, 1.82) is 0 Å². The van der Waals surface area contributed by atoms with Crippen molar-refractivity contribution in [2.45, 2.75) is 19.1 Å². The largest absolute Gasteiger partial charge is 0.353 e. The van der Waals surface area contributed by atoms with Gasteiger partial charge in [-0.2, -0.15) is 0 Å². The van der Waals surface area contributed by atoms with E-state index in [2.05, 4.69) is 38.5 Å². The first kappa shape index (κ1) is 14.2. The Kier molecular flexibility index (Phi) is 3.47. The number of likely N-dealkylation sites (N-methyl/N-ethyl adjacent to an activating group) is 1. The Hall–Kier alpha value is -1.37. The van der Waals surface area contributed by atoms with Crippen molar-refractivity contribution >= 4 is 38.2 Å². The van der Waals surface area contributed by atoms with E-state index in [9.17, 15) is 4.79 Å². The van der Waals surface area contributed by atoms with Gasteiger partial charge in [0.1, 0.15) is 11.2 Å². The minimum atomic E-state index is -0.171. The number of benzene rings is 1. The summed E-state index contributed by atoms with van der Waals surface area (Å²) in [6, 6.07) is 8.02. The number of thiophene rings is 1. The van der Waals surface area contributed by atoms with Crippen LogP contribution >= 0.6 is 27.3 Å². The molecule has 2 aliphatic rings. The number of hydrogen-bond acceptors (Lipinski definition) is 4. The highest BCUT2D eigenvalue weighted by Gasteiger charge is 2.32. The molecule has 1 atom stereocenters. The molecule has 2 aromatic rings. The fourth-order valence-corrected chi connectivity index (χ4v) is 4.87. The first-order chi connectivity index (χ1) is 10.6. The Labute approximate surface area is 141 Å². The maximum Gasteiger partial charge on any atom is 0.256 e. The first-order valence-electron chi connectivity index (χ1n) is 7.28. The first-order valence-corrected chi connectivity index (χ1v) is 8.89. The quantitative estimate of drug-likeness (QED) is 0.800. The fraction of sp³-hybridized carbons (Fsp3) is 0.312. The van der Waals surface area contributed by atoms with Gasteiger partial charge in [-0.05, 0) is 36.7 Å². The monoisotopic (exact) mass is 377 g/mol. The second-order valence-electron chi connectivity index (χ2n) is 5.80. The molecule has 1 aromatic carbocycles. The van der Waals surface area contributed by atoms with E-state index in [1.165, 1.54) is 10.4 Å². The lowest BCUT2D eigenvalue weighted by Gasteiger charge is -2.27. The molecule has 22 heavy (non-hydrogen) atoms. The highest BCUT2D eigenvalue weighted by molar-refractivity contribution is 9.10. The minimum absolute atomic E-state index is 0.0424. The molecule has 0 radical (unpaired) electrons. The van der Waals surface area contributed by atoms with Crippen molar-refractivity contribution in [3.05, 3.63) is 50.3 Å². The van der Waals surface area contributed by atoms with Crippen molar-refractivity contribution in [1.82, 2.24) is 10.2 Å². The van der Waals surface area contributed by atoms with Gasteiger partial charge in [0, 0.05) is 22.4 Å². The zero-order valence-corrected chi connectivity index (χ0v) is 14.6. The molecule has 0 saturated heterocycles. The topological polar surface area (TPSA) is 44.4 Å². The van der Waals surface area contributed by atoms with Gasteiger partial charge >= 0.3 is 0 Å². The molecule has 1 amide bonds. The predicted molar refractivity (Wildman–Crippen MR) is 92.3 cm³/mol. The molecule has 0 saturated carbocycles. The molecule has 4 rings (SSSR count). The number of nitrogens with zero attached hydrogens (tertiary/aromatic N) is 1. The number of carbonyl (C=O) groups is 1. The molecule has 6 heteroatoms. The number of hydrogen-bond donors (Lipinski definition) is 2. The lowest BCUT2D eigenvalue weighted by atomic mass is 10.0. The van der Waals surface area contributed by atoms with Gasteiger partial charge in [-0.25, -0.2) is 0 Å². The zero-order valence-electron chi connectivity index (χ0n) is 12.1. The molecule has 0 aliphatic carbocycles. The Morgan fingerprint density at radius 2 is 2.23 bits per heavy atom. The van der Waals surface area contributed by atoms with E-state index in [-0.39, 0.29) is 12.1 Å². The maximum atomic E-state index is 12.6. The van der Waals surface area contributed by atoms with Gasteiger partial charge in [0.2, 0.25) is 0 Å². The normalized spacial score (nSPS) is 20.8. The lowest BCUT2D eigenvalue weighted by molar-refractivity contribution is 0.0935. The van der Waals surface area contributed by atoms with Gasteiger partial charge in [-0.3, -0.25) is 4.79 Å². The minimum Gasteiger partial charge on any atom is -0.353 e. The summed E-state index contributed by atoms with van der Waals surface area (Å²) in [5, 5.41) is 7.58. The van der Waals surface area contributed by atoms with Crippen LogP contribution in [0.15, 0.2) is 28.7 Å². The third-order valence-corrected chi connectivity index (χ3v) is 5.85. The summed E-state index contributed by atoms with van der Waals surface area (Å²) in [5.41, 5.74) is 3.15. The highest BCUT2D eigenvalue weighted by atomic mass is 79.9. The van der Waals surface area contributed by atoms with Crippen LogP contribution in [-0.2, 0) is 13.0 Å². The molecule has 0 fully saturated rings. The second-order valence-corrected chi connectivity index (χ2v) is 7.82. The molecule has 3 heterocycles. The summed E-state index contributed by atoms with van der Waals surface area (Å²) in [5.74, 6) is 0.0424. The van der Waals surface area contributed by atoms with E-state index in [1.807, 2.05) is 24.3 Å². The summed E-state index contributed by atoms with van der Waals surface area (Å²) in [6.45, 7) is 1.95. The van der Waals surface area contributed by atoms with E-state index in [0.29, 0.717) is 0 Å². The smallest absolute Gasteiger partial charge is 0.256 e. The van der Waals surface area contributed by atoms with Gasteiger partial charge in [-0.1, -0.05) is 28.1 Å². The molecule has 1 aromatic heterocycles. The van der Waals surface area contributed by atoms with Crippen molar-refractivity contribution in [3.8, 4) is 0 Å². The van der Waals surface area contributed by atoms with Crippen molar-refractivity contribution in [2.24, 2.45) is 0 Å². The Morgan fingerprint density at radius 3 is 3.05 bits per heavy atom. The van der Waals surface area contributed by atoms with Crippen LogP contribution in [0.4, 0.5) is 5.00 Å². The van der Waals surface area contributed by atoms with Crippen molar-refractivity contribution in [3.63, 3.8) is 0 Å². The molecule has 2 aliphatic heterocycles. The molecule has 0 spiro atoms. The zero-order chi connectivity index (χ0) is 15.3. The molecular formula is C16H16BrN3OS. The summed E-state index contributed by atoms with van der Waals surface area (Å²) in [7, 11) is 2.12. The van der Waals surface area contributed by atoms with Crippen LogP contribution in [-0.4, -0.2) is 24.4 Å². The molecule has 0 bridgehead atoms. The van der Waals surface area contributed by atoms with E-state index < -0.39 is 0 Å². The molecule has 4 nitrogen and oxygen atoms in total. The van der Waals surface area contributed by atoms with Gasteiger partial charge < -0.3 is 15.5 Å². The summed E-state index contributed by atoms with van der Waals surface area (Å²) in [6.07, 6.45) is 0.782. The number of rotatable bonds is 1. The third kappa shape index (κ3) is 2.35. The molecular weight excluding hydrogens is 362 g/mol. The maximum absolute atomic E-state index is 12.6. The van der Waals surface area contributed by atoms with Crippen LogP contribution in [0.5, 0.6) is 0 Å². The van der Waals surface area contributed by atoms with Crippen LogP contribution in [0.2, 0.25) is 0 Å². The average Bonchev–Trinajstić information content (AvgIpc) is 2.84. The van der Waals surface area contributed by atoms with Gasteiger partial charge in [0.15, 0.2) is 0 Å². The number of amides is 1. The van der Waals surface area contributed by atoms with Crippen LogP contribution in [0.3, 0.4) is 0 Å². The van der Waals surface area contributed by atoms with Gasteiger partial charge in [0.25, 0.3) is 5.91 Å². The molecule has 0 unspecified atom stereocenters. The van der Waals surface area contributed by atoms with E-state index in [0.717, 1.165) is 40.1 Å². The second kappa shape index (κ2) is 5.37. The third-order valence-electron chi connectivity index (χ3n) is 4.21. The van der Waals surface area contributed by atoms with E-state index >= 15 is 0 Å². The number of halogens is 1. The van der Waals surface area contributed by atoms with Crippen LogP contribution in [0.1, 0.15) is 32.5 Å². The van der Waals surface area contributed by atoms with Crippen LogP contribution < -0.4 is 10.6 Å². The van der Waals surface area contributed by atoms with Gasteiger partial charge in [-0.15, -0.1) is 11.3 Å². The van der Waals surface area contributed by atoms with Crippen molar-refractivity contribution < 1.29 is 4.79 Å². The number of anilines is 1. The lowest BCUT2D eigenvalue weighted by Crippen LogP contribution is -2.38. The van der Waals surface area contributed by atoms with E-state index in [4.69, 9.17) is 0 Å². The Bertz CT molecular complexity index is 758. The Morgan fingerprint density at radius 1 is 1.36 bits per heavy atom. The predicted octanol–water partition coefficient (Wildman–Crippen LogP) is 3.35. The van der Waals surface area contributed by atoms with Crippen LogP contribution in [0, 0.1) is 0 Å². The summed E-state index contributed by atoms with van der Waals surface area (Å²) in [4.78, 5) is 16.2.